The third-order valence-corrected chi connectivity index (χ3v) is 4.37. The molecule has 3 unspecified atom stereocenters. The number of carboxylic acid groups (broad SMARTS) is 1. The van der Waals surface area contributed by atoms with Crippen LogP contribution < -0.4 is 11.5 Å². The highest BCUT2D eigenvalue weighted by Gasteiger charge is 2.36. The maximum Gasteiger partial charge on any atom is 0.303 e. The number of unbranched alkanes of at least 4 members (excludes halogenated alkanes) is 1. The average molecular weight is 220 g/mol. The highest BCUT2D eigenvalue weighted by atomic mass is 32.2. The molecule has 1 aliphatic rings. The van der Waals surface area contributed by atoms with Crippen LogP contribution in [0.4, 0.5) is 0 Å². The molecule has 14 heavy (non-hydrogen) atoms. The number of carboxylic acids is 1. The van der Waals surface area contributed by atoms with E-state index in [0.29, 0.717) is 23.8 Å². The van der Waals surface area contributed by atoms with Crippen molar-refractivity contribution in [3.8, 4) is 0 Å². The summed E-state index contributed by atoms with van der Waals surface area (Å²) in [7, 11) is 0. The summed E-state index contributed by atoms with van der Waals surface area (Å²) in [6.45, 7) is 0. The molecule has 0 radical (unpaired) electrons. The quantitative estimate of drug-likeness (QED) is 0.517. The molecule has 0 aromatic carbocycles. The minimum absolute atomic E-state index is 0.299. The molecule has 4 nitrogen and oxygen atoms in total. The summed E-state index contributed by atoms with van der Waals surface area (Å²) in [5, 5.41) is 9.07. The second-order valence-corrected chi connectivity index (χ2v) is 5.21. The van der Waals surface area contributed by atoms with Crippen molar-refractivity contribution in [1.29, 1.82) is 0 Å². The Bertz CT molecular complexity index is 201. The molecule has 82 valence electrons. The van der Waals surface area contributed by atoms with E-state index in [1.54, 1.807) is 0 Å². The van der Waals surface area contributed by atoms with Crippen molar-refractivity contribution in [1.82, 2.24) is 0 Å². The smallest absolute Gasteiger partial charge is 0.303 e. The average Bonchev–Trinajstić information content (AvgIpc) is 2.43. The highest BCUT2D eigenvalue weighted by Crippen LogP contribution is 2.27. The standard InChI is InChI=1S/C9H18N2O2S/c10-6-5-14-7(9(6)11)3-1-2-4-8(12)13/h6-7,9H,1-5,10-11H2,(H,12,13)/p+2. The molecular weight excluding hydrogens is 200 g/mol. The number of quaternary nitrogens is 2. The number of hydrogen-bond acceptors (Lipinski definition) is 2. The van der Waals surface area contributed by atoms with Crippen LogP contribution in [0.2, 0.25) is 0 Å². The number of hydrogen-bond donors (Lipinski definition) is 3. The Labute approximate surface area is 88.4 Å². The van der Waals surface area contributed by atoms with Crippen LogP contribution in [0.1, 0.15) is 25.7 Å². The summed E-state index contributed by atoms with van der Waals surface area (Å²) in [5.41, 5.74) is 8.16. The largest absolute Gasteiger partial charge is 0.481 e. The van der Waals surface area contributed by atoms with E-state index in [4.69, 9.17) is 5.11 Å². The first-order chi connectivity index (χ1) is 6.61. The van der Waals surface area contributed by atoms with Gasteiger partial charge in [0.05, 0.1) is 11.0 Å². The Morgan fingerprint density at radius 3 is 2.64 bits per heavy atom. The fourth-order valence-corrected chi connectivity index (χ4v) is 3.26. The molecule has 3 atom stereocenters. The van der Waals surface area contributed by atoms with Crippen LogP contribution in [-0.4, -0.2) is 34.2 Å². The summed E-state index contributed by atoms with van der Waals surface area (Å²) < 4.78 is 0. The van der Waals surface area contributed by atoms with Gasteiger partial charge in [-0.1, -0.05) is 6.42 Å². The van der Waals surface area contributed by atoms with Crippen LogP contribution in [0.25, 0.3) is 0 Å². The van der Waals surface area contributed by atoms with Crippen molar-refractivity contribution in [3.05, 3.63) is 0 Å². The Hall–Kier alpha value is -0.260. The van der Waals surface area contributed by atoms with Crippen molar-refractivity contribution in [2.75, 3.05) is 5.75 Å². The zero-order valence-corrected chi connectivity index (χ0v) is 9.26. The van der Waals surface area contributed by atoms with Crippen molar-refractivity contribution in [2.24, 2.45) is 0 Å². The van der Waals surface area contributed by atoms with Crippen molar-refractivity contribution in [2.45, 2.75) is 43.0 Å². The Morgan fingerprint density at radius 1 is 1.43 bits per heavy atom. The zero-order chi connectivity index (χ0) is 10.6. The van der Waals surface area contributed by atoms with Crippen LogP contribution in [0.3, 0.4) is 0 Å². The van der Waals surface area contributed by atoms with Gasteiger partial charge in [0.15, 0.2) is 0 Å². The Balaban J connectivity index is 2.10. The molecule has 5 heteroatoms. The van der Waals surface area contributed by atoms with Crippen LogP contribution in [0.5, 0.6) is 0 Å². The number of thioether (sulfide) groups is 1. The molecule has 0 bridgehead atoms. The molecule has 0 aliphatic carbocycles. The van der Waals surface area contributed by atoms with Gasteiger partial charge in [-0.3, -0.25) is 4.79 Å². The molecule has 1 rings (SSSR count). The van der Waals surface area contributed by atoms with Gasteiger partial charge in [-0.25, -0.2) is 0 Å². The number of rotatable bonds is 5. The number of carbonyl (C=O) groups is 1. The third kappa shape index (κ3) is 3.48. The minimum Gasteiger partial charge on any atom is -0.481 e. The first kappa shape index (κ1) is 11.8. The summed E-state index contributed by atoms with van der Waals surface area (Å²) in [6, 6.07) is 0.925. The SMILES string of the molecule is [NH3+]C1CSC(CCCCC(=O)O)C1[NH3+]. The molecule has 0 saturated carbocycles. The van der Waals surface area contributed by atoms with Gasteiger partial charge in [-0.2, -0.15) is 0 Å². The van der Waals surface area contributed by atoms with E-state index < -0.39 is 5.97 Å². The van der Waals surface area contributed by atoms with Gasteiger partial charge >= 0.3 is 5.97 Å². The molecule has 0 spiro atoms. The molecule has 7 N–H and O–H groups in total. The molecule has 0 amide bonds. The van der Waals surface area contributed by atoms with Crippen LogP contribution in [0.15, 0.2) is 0 Å². The Morgan fingerprint density at radius 2 is 2.14 bits per heavy atom. The molecule has 0 aromatic rings. The molecule has 0 aromatic heterocycles. The van der Waals surface area contributed by atoms with Gasteiger partial charge in [0.1, 0.15) is 12.1 Å². The lowest BCUT2D eigenvalue weighted by molar-refractivity contribution is -0.520. The third-order valence-electron chi connectivity index (χ3n) is 2.74. The zero-order valence-electron chi connectivity index (χ0n) is 8.45. The predicted molar refractivity (Wildman–Crippen MR) is 55.7 cm³/mol. The normalized spacial score (nSPS) is 32.0. The fraction of sp³-hybridized carbons (Fsp3) is 0.889. The minimum atomic E-state index is -0.690. The van der Waals surface area contributed by atoms with E-state index in [1.165, 1.54) is 0 Å². The maximum atomic E-state index is 10.3. The van der Waals surface area contributed by atoms with Crippen molar-refractivity contribution >= 4 is 17.7 Å². The van der Waals surface area contributed by atoms with E-state index >= 15 is 0 Å². The monoisotopic (exact) mass is 220 g/mol. The van der Waals surface area contributed by atoms with Gasteiger partial charge in [0, 0.05) is 6.42 Å². The van der Waals surface area contributed by atoms with Gasteiger partial charge in [-0.15, -0.1) is 11.8 Å². The molecule has 1 heterocycles. The summed E-state index contributed by atoms with van der Waals surface area (Å²) >= 11 is 1.94. The molecule has 1 saturated heterocycles. The Kier molecular flexibility index (Phi) is 4.71. The maximum absolute atomic E-state index is 10.3. The first-order valence-electron chi connectivity index (χ1n) is 5.11. The number of aliphatic carboxylic acids is 1. The topological polar surface area (TPSA) is 92.6 Å². The second-order valence-electron chi connectivity index (χ2n) is 3.94. The van der Waals surface area contributed by atoms with E-state index in [9.17, 15) is 4.79 Å². The van der Waals surface area contributed by atoms with Gasteiger partial charge in [-0.05, 0) is 12.8 Å². The second kappa shape index (κ2) is 5.58. The van der Waals surface area contributed by atoms with E-state index in [-0.39, 0.29) is 0 Å². The van der Waals surface area contributed by atoms with Crippen LogP contribution >= 0.6 is 11.8 Å². The highest BCUT2D eigenvalue weighted by molar-refractivity contribution is 8.00. The van der Waals surface area contributed by atoms with Crippen molar-refractivity contribution < 1.29 is 21.4 Å². The fourth-order valence-electron chi connectivity index (χ4n) is 1.72. The summed E-state index contributed by atoms with van der Waals surface area (Å²) in [6.07, 6.45) is 3.19. The molecule has 1 aliphatic heterocycles. The summed E-state index contributed by atoms with van der Waals surface area (Å²) in [5.74, 6) is 0.419. The van der Waals surface area contributed by atoms with E-state index in [2.05, 4.69) is 11.5 Å². The van der Waals surface area contributed by atoms with Crippen LogP contribution in [-0.2, 0) is 4.79 Å². The van der Waals surface area contributed by atoms with Gasteiger partial charge in [0.25, 0.3) is 0 Å². The van der Waals surface area contributed by atoms with Crippen molar-refractivity contribution in [3.63, 3.8) is 0 Å². The molecular formula is C9H20N2O2S+2. The molecule has 1 fully saturated rings. The van der Waals surface area contributed by atoms with Gasteiger partial charge < -0.3 is 16.6 Å². The van der Waals surface area contributed by atoms with Crippen LogP contribution in [0, 0.1) is 0 Å². The lowest BCUT2D eigenvalue weighted by Crippen LogP contribution is -2.80. The first-order valence-corrected chi connectivity index (χ1v) is 6.15. The lowest BCUT2D eigenvalue weighted by Gasteiger charge is -2.11. The lowest BCUT2D eigenvalue weighted by atomic mass is 10.0. The van der Waals surface area contributed by atoms with Gasteiger partial charge in [0.2, 0.25) is 0 Å². The van der Waals surface area contributed by atoms with E-state index in [1.807, 2.05) is 11.8 Å². The predicted octanol–water partition coefficient (Wildman–Crippen LogP) is -1.03. The van der Waals surface area contributed by atoms with E-state index in [0.717, 1.165) is 25.0 Å². The summed E-state index contributed by atoms with van der Waals surface area (Å²) in [4.78, 5) is 10.3.